The molecule has 0 bridgehead atoms. The first-order valence-corrected chi connectivity index (χ1v) is 4.85. The Morgan fingerprint density at radius 2 is 2.00 bits per heavy atom. The van der Waals surface area contributed by atoms with Gasteiger partial charge >= 0.3 is 6.18 Å². The van der Waals surface area contributed by atoms with Crippen molar-refractivity contribution >= 4 is 15.9 Å². The third-order valence-corrected chi connectivity index (χ3v) is 2.44. The summed E-state index contributed by atoms with van der Waals surface area (Å²) < 4.78 is 37.4. The smallest absolute Gasteiger partial charge is 0.314 e. The van der Waals surface area contributed by atoms with Crippen LogP contribution < -0.4 is 0 Å². The third kappa shape index (κ3) is 3.48. The van der Waals surface area contributed by atoms with Crippen molar-refractivity contribution in [3.8, 4) is 0 Å². The van der Waals surface area contributed by atoms with E-state index >= 15 is 0 Å². The van der Waals surface area contributed by atoms with Crippen molar-refractivity contribution in [3.05, 3.63) is 33.8 Å². The van der Waals surface area contributed by atoms with Crippen LogP contribution in [0.15, 0.2) is 22.7 Å². The molecule has 0 aromatic heterocycles. The maximum Gasteiger partial charge on any atom is 0.417 e. The van der Waals surface area contributed by atoms with Gasteiger partial charge in [0.1, 0.15) is 0 Å². The minimum absolute atomic E-state index is 0.000608. The van der Waals surface area contributed by atoms with Gasteiger partial charge in [-0.3, -0.25) is 0 Å². The molecule has 0 radical (unpaired) electrons. The first-order chi connectivity index (χ1) is 6.80. The molecule has 1 rings (SSSR count). The van der Waals surface area contributed by atoms with Crippen LogP contribution in [0.2, 0.25) is 0 Å². The van der Waals surface area contributed by atoms with E-state index in [4.69, 9.17) is 5.21 Å². The number of benzene rings is 1. The SMILES string of the molecule is CN(O)Cc1ccc(Br)c(C(F)(F)F)c1. The van der Waals surface area contributed by atoms with Gasteiger partial charge in [0.2, 0.25) is 0 Å². The Hall–Kier alpha value is -0.590. The number of nitrogens with zero attached hydrogens (tertiary/aromatic N) is 1. The molecule has 0 aliphatic heterocycles. The summed E-state index contributed by atoms with van der Waals surface area (Å²) in [6.07, 6.45) is -4.39. The lowest BCUT2D eigenvalue weighted by Gasteiger charge is -2.13. The monoisotopic (exact) mass is 283 g/mol. The first kappa shape index (κ1) is 12.5. The highest BCUT2D eigenvalue weighted by Gasteiger charge is 2.33. The lowest BCUT2D eigenvalue weighted by molar-refractivity contribution is -0.138. The van der Waals surface area contributed by atoms with Gasteiger partial charge in [-0.05, 0) is 17.7 Å². The van der Waals surface area contributed by atoms with E-state index in [1.165, 1.54) is 19.2 Å². The fourth-order valence-electron chi connectivity index (χ4n) is 1.15. The summed E-state index contributed by atoms with van der Waals surface area (Å²) in [6, 6.07) is 3.85. The topological polar surface area (TPSA) is 23.5 Å². The van der Waals surface area contributed by atoms with Gasteiger partial charge in [-0.2, -0.15) is 18.2 Å². The Morgan fingerprint density at radius 3 is 2.47 bits per heavy atom. The molecule has 6 heteroatoms. The molecule has 0 saturated carbocycles. The molecule has 0 atom stereocenters. The van der Waals surface area contributed by atoms with Gasteiger partial charge in [0.25, 0.3) is 0 Å². The molecule has 0 spiro atoms. The van der Waals surface area contributed by atoms with E-state index in [2.05, 4.69) is 15.9 Å². The van der Waals surface area contributed by atoms with Gasteiger partial charge in [0.05, 0.1) is 5.56 Å². The second-order valence-corrected chi connectivity index (χ2v) is 3.98. The number of alkyl halides is 3. The molecular formula is C9H9BrF3NO. The zero-order valence-electron chi connectivity index (χ0n) is 7.85. The maximum atomic E-state index is 12.5. The molecule has 0 amide bonds. The number of rotatable bonds is 2. The number of halogens is 4. The molecule has 15 heavy (non-hydrogen) atoms. The summed E-state index contributed by atoms with van der Waals surface area (Å²) in [5.74, 6) is 0. The largest absolute Gasteiger partial charge is 0.417 e. The number of hydrogen-bond acceptors (Lipinski definition) is 2. The molecule has 2 nitrogen and oxygen atoms in total. The molecule has 0 saturated heterocycles. The summed E-state index contributed by atoms with van der Waals surface area (Å²) in [5.41, 5.74) is -0.336. The molecular weight excluding hydrogens is 275 g/mol. The average Bonchev–Trinajstić information content (AvgIpc) is 2.05. The van der Waals surface area contributed by atoms with E-state index in [9.17, 15) is 13.2 Å². The van der Waals surface area contributed by atoms with E-state index in [-0.39, 0.29) is 11.0 Å². The van der Waals surface area contributed by atoms with E-state index in [1.807, 2.05) is 0 Å². The summed E-state index contributed by atoms with van der Waals surface area (Å²) in [7, 11) is 1.37. The highest BCUT2D eigenvalue weighted by Crippen LogP contribution is 2.35. The standard InChI is InChI=1S/C9H9BrF3NO/c1-14(15)5-6-2-3-8(10)7(4-6)9(11,12)13/h2-4,15H,5H2,1H3. The third-order valence-electron chi connectivity index (χ3n) is 1.75. The van der Waals surface area contributed by atoms with Crippen molar-refractivity contribution in [2.75, 3.05) is 7.05 Å². The molecule has 0 unspecified atom stereocenters. The van der Waals surface area contributed by atoms with Crippen molar-refractivity contribution in [3.63, 3.8) is 0 Å². The van der Waals surface area contributed by atoms with Gasteiger partial charge in [-0.1, -0.05) is 22.0 Å². The van der Waals surface area contributed by atoms with Crippen LogP contribution in [0.4, 0.5) is 13.2 Å². The molecule has 1 aromatic carbocycles. The van der Waals surface area contributed by atoms with Crippen molar-refractivity contribution in [1.29, 1.82) is 0 Å². The minimum atomic E-state index is -4.39. The highest BCUT2D eigenvalue weighted by molar-refractivity contribution is 9.10. The Labute approximate surface area is 93.4 Å². The fraction of sp³-hybridized carbons (Fsp3) is 0.333. The number of hydroxylamine groups is 2. The highest BCUT2D eigenvalue weighted by atomic mass is 79.9. The van der Waals surface area contributed by atoms with Crippen LogP contribution in [-0.2, 0) is 12.7 Å². The van der Waals surface area contributed by atoms with Gasteiger partial charge in [-0.25, -0.2) is 0 Å². The first-order valence-electron chi connectivity index (χ1n) is 4.06. The zero-order chi connectivity index (χ0) is 11.6. The maximum absolute atomic E-state index is 12.5. The summed E-state index contributed by atoms with van der Waals surface area (Å²) in [5, 5.41) is 9.73. The molecule has 0 aliphatic carbocycles. The van der Waals surface area contributed by atoms with Crippen LogP contribution in [0.3, 0.4) is 0 Å². The Balaban J connectivity index is 3.06. The summed E-state index contributed by atoms with van der Waals surface area (Å²) in [4.78, 5) is 0. The fourth-order valence-corrected chi connectivity index (χ4v) is 1.62. The quantitative estimate of drug-likeness (QED) is 0.842. The molecule has 1 aromatic rings. The summed E-state index contributed by atoms with van der Waals surface area (Å²) in [6.45, 7) is 0.0519. The van der Waals surface area contributed by atoms with E-state index in [1.54, 1.807) is 0 Å². The van der Waals surface area contributed by atoms with Crippen molar-refractivity contribution in [1.82, 2.24) is 5.06 Å². The lowest BCUT2D eigenvalue weighted by Crippen LogP contribution is -2.13. The molecule has 0 heterocycles. The Morgan fingerprint density at radius 1 is 1.40 bits per heavy atom. The minimum Gasteiger partial charge on any atom is -0.314 e. The van der Waals surface area contributed by atoms with Crippen LogP contribution in [-0.4, -0.2) is 17.3 Å². The number of hydrogen-bond donors (Lipinski definition) is 1. The predicted molar refractivity (Wildman–Crippen MR) is 52.4 cm³/mol. The van der Waals surface area contributed by atoms with E-state index in [0.29, 0.717) is 5.56 Å². The van der Waals surface area contributed by atoms with Crippen molar-refractivity contribution in [2.24, 2.45) is 0 Å². The zero-order valence-corrected chi connectivity index (χ0v) is 9.43. The van der Waals surface area contributed by atoms with Crippen molar-refractivity contribution in [2.45, 2.75) is 12.7 Å². The van der Waals surface area contributed by atoms with E-state index in [0.717, 1.165) is 11.1 Å². The normalized spacial score (nSPS) is 12.2. The predicted octanol–water partition coefficient (Wildman–Crippen LogP) is 3.29. The van der Waals surface area contributed by atoms with Gasteiger partial charge < -0.3 is 5.21 Å². The van der Waals surface area contributed by atoms with Gasteiger partial charge in [-0.15, -0.1) is 0 Å². The Kier molecular flexibility index (Phi) is 3.75. The van der Waals surface area contributed by atoms with Gasteiger partial charge in [0.15, 0.2) is 0 Å². The van der Waals surface area contributed by atoms with Gasteiger partial charge in [0, 0.05) is 18.1 Å². The second-order valence-electron chi connectivity index (χ2n) is 3.13. The van der Waals surface area contributed by atoms with Crippen molar-refractivity contribution < 1.29 is 18.4 Å². The molecule has 0 fully saturated rings. The Bertz CT molecular complexity index is 352. The average molecular weight is 284 g/mol. The van der Waals surface area contributed by atoms with Crippen LogP contribution in [0, 0.1) is 0 Å². The lowest BCUT2D eigenvalue weighted by atomic mass is 10.1. The van der Waals surface area contributed by atoms with Crippen LogP contribution in [0.25, 0.3) is 0 Å². The van der Waals surface area contributed by atoms with Crippen LogP contribution >= 0.6 is 15.9 Å². The van der Waals surface area contributed by atoms with Crippen LogP contribution in [0.1, 0.15) is 11.1 Å². The molecule has 1 N–H and O–H groups in total. The molecule has 0 aliphatic rings. The summed E-state index contributed by atoms with van der Waals surface area (Å²) >= 11 is 2.84. The second kappa shape index (κ2) is 4.51. The van der Waals surface area contributed by atoms with E-state index < -0.39 is 11.7 Å². The molecule has 84 valence electrons. The van der Waals surface area contributed by atoms with Crippen LogP contribution in [0.5, 0.6) is 0 Å².